The van der Waals surface area contributed by atoms with Crippen LogP contribution in [0.5, 0.6) is 0 Å². The van der Waals surface area contributed by atoms with Gasteiger partial charge in [-0.3, -0.25) is 0 Å². The molecule has 1 aromatic carbocycles. The molecular weight excluding hydrogens is 300 g/mol. The van der Waals surface area contributed by atoms with Crippen molar-refractivity contribution < 1.29 is 14.6 Å². The molecule has 0 heterocycles. The summed E-state index contributed by atoms with van der Waals surface area (Å²) in [6.45, 7) is 12.8. The van der Waals surface area contributed by atoms with E-state index in [4.69, 9.17) is 4.74 Å². The predicted molar refractivity (Wildman–Crippen MR) is 99.0 cm³/mol. The Kier molecular flexibility index (Phi) is 7.03. The first-order valence-corrected chi connectivity index (χ1v) is 8.89. The van der Waals surface area contributed by atoms with Crippen molar-refractivity contribution >= 4 is 5.97 Å². The van der Waals surface area contributed by atoms with Crippen LogP contribution in [0, 0.1) is 10.8 Å². The van der Waals surface area contributed by atoms with Crippen molar-refractivity contribution in [3.05, 3.63) is 35.9 Å². The first-order chi connectivity index (χ1) is 11.0. The quantitative estimate of drug-likeness (QED) is 0.622. The van der Waals surface area contributed by atoms with Gasteiger partial charge in [-0.2, -0.15) is 0 Å². The number of hydrogen-bond donors (Lipinski definition) is 1. The lowest BCUT2D eigenvalue weighted by Crippen LogP contribution is -2.52. The Hall–Kier alpha value is -1.35. The Morgan fingerprint density at radius 2 is 1.50 bits per heavy atom. The van der Waals surface area contributed by atoms with Crippen molar-refractivity contribution in [2.75, 3.05) is 0 Å². The second-order valence-electron chi connectivity index (χ2n) is 8.92. The molecule has 1 atom stereocenters. The summed E-state index contributed by atoms with van der Waals surface area (Å²) >= 11 is 0. The summed E-state index contributed by atoms with van der Waals surface area (Å²) in [6, 6.07) is 9.77. The van der Waals surface area contributed by atoms with Crippen LogP contribution in [0.1, 0.15) is 72.8 Å². The second-order valence-corrected chi connectivity index (χ2v) is 8.92. The fourth-order valence-electron chi connectivity index (χ4n) is 2.96. The van der Waals surface area contributed by atoms with Gasteiger partial charge in [-0.15, -0.1) is 0 Å². The molecule has 1 aromatic rings. The molecule has 1 N–H and O–H groups in total. The Balaban J connectivity index is 2.84. The smallest absolute Gasteiger partial charge is 0.336 e. The van der Waals surface area contributed by atoms with Crippen molar-refractivity contribution in [2.24, 2.45) is 10.8 Å². The number of hydrogen-bond acceptors (Lipinski definition) is 2. The van der Waals surface area contributed by atoms with Crippen molar-refractivity contribution in [3.63, 3.8) is 0 Å². The Bertz CT molecular complexity index is 508. The molecule has 0 spiro atoms. The number of benzene rings is 1. The maximum absolute atomic E-state index is 12.2. The minimum absolute atomic E-state index is 0.276. The van der Waals surface area contributed by atoms with E-state index in [0.717, 1.165) is 24.8 Å². The average Bonchev–Trinajstić information content (AvgIpc) is 2.45. The van der Waals surface area contributed by atoms with Gasteiger partial charge in [-0.05, 0) is 30.2 Å². The molecule has 3 heteroatoms. The third-order valence-corrected chi connectivity index (χ3v) is 4.59. The van der Waals surface area contributed by atoms with Crippen molar-refractivity contribution in [2.45, 2.75) is 79.4 Å². The van der Waals surface area contributed by atoms with Gasteiger partial charge < -0.3 is 9.84 Å². The molecule has 0 aliphatic rings. The summed E-state index contributed by atoms with van der Waals surface area (Å²) < 4.78 is 6.07. The van der Waals surface area contributed by atoms with Crippen LogP contribution in [0.4, 0.5) is 0 Å². The second kappa shape index (κ2) is 8.15. The largest absolute Gasteiger partial charge is 0.479 e. The predicted octanol–water partition coefficient (Wildman–Crippen LogP) is 5.68. The highest BCUT2D eigenvalue weighted by molar-refractivity contribution is 5.78. The lowest BCUT2D eigenvalue weighted by molar-refractivity contribution is -0.188. The van der Waals surface area contributed by atoms with Gasteiger partial charge in [0.25, 0.3) is 0 Å². The van der Waals surface area contributed by atoms with Crippen molar-refractivity contribution in [1.29, 1.82) is 0 Å². The first-order valence-electron chi connectivity index (χ1n) is 8.89. The fraction of sp³-hybridized carbons (Fsp3) is 0.667. The topological polar surface area (TPSA) is 46.5 Å². The van der Waals surface area contributed by atoms with Gasteiger partial charge in [0.1, 0.15) is 0 Å². The van der Waals surface area contributed by atoms with E-state index in [-0.39, 0.29) is 5.41 Å². The van der Waals surface area contributed by atoms with Gasteiger partial charge in [-0.25, -0.2) is 4.79 Å². The van der Waals surface area contributed by atoms with E-state index in [1.165, 1.54) is 0 Å². The maximum atomic E-state index is 12.2. The minimum Gasteiger partial charge on any atom is -0.479 e. The number of unbranched alkanes of at least 4 members (excludes halogenated alkanes) is 1. The molecule has 24 heavy (non-hydrogen) atoms. The maximum Gasteiger partial charge on any atom is 0.336 e. The summed E-state index contributed by atoms with van der Waals surface area (Å²) in [4.78, 5) is 12.2. The SMILES string of the molecule is CC(C)(C)CCCCC(OCc1ccccc1)(C(=O)O)C(C)(C)C. The normalized spacial score (nSPS) is 15.1. The summed E-state index contributed by atoms with van der Waals surface area (Å²) in [5, 5.41) is 9.97. The molecule has 1 rings (SSSR count). The van der Waals surface area contributed by atoms with E-state index in [9.17, 15) is 9.90 Å². The highest BCUT2D eigenvalue weighted by atomic mass is 16.5. The van der Waals surface area contributed by atoms with Crippen LogP contribution >= 0.6 is 0 Å². The molecule has 0 saturated heterocycles. The standard InChI is InChI=1S/C21H34O3/c1-19(2,3)14-10-11-15-21(18(22)23,20(4,5)6)24-16-17-12-8-7-9-13-17/h7-9,12-13H,10-11,14-16H2,1-6H3,(H,22,23). The van der Waals surface area contributed by atoms with E-state index >= 15 is 0 Å². The zero-order chi connectivity index (χ0) is 18.4. The van der Waals surface area contributed by atoms with Crippen molar-refractivity contribution in [1.82, 2.24) is 0 Å². The number of ether oxygens (including phenoxy) is 1. The molecule has 0 bridgehead atoms. The third-order valence-electron chi connectivity index (χ3n) is 4.59. The fourth-order valence-corrected chi connectivity index (χ4v) is 2.96. The lowest BCUT2D eigenvalue weighted by Gasteiger charge is -2.41. The number of carbonyl (C=O) groups is 1. The summed E-state index contributed by atoms with van der Waals surface area (Å²) in [6.07, 6.45) is 3.50. The highest BCUT2D eigenvalue weighted by Gasteiger charge is 2.49. The zero-order valence-electron chi connectivity index (χ0n) is 16.2. The summed E-state index contributed by atoms with van der Waals surface area (Å²) in [5.74, 6) is -0.860. The van der Waals surface area contributed by atoms with Gasteiger partial charge in [0.05, 0.1) is 6.61 Å². The molecule has 0 fully saturated rings. The minimum atomic E-state index is -1.17. The first kappa shape index (κ1) is 20.7. The van der Waals surface area contributed by atoms with E-state index in [0.29, 0.717) is 13.0 Å². The van der Waals surface area contributed by atoms with Crippen LogP contribution in [0.25, 0.3) is 0 Å². The summed E-state index contributed by atoms with van der Waals surface area (Å²) in [5.41, 5.74) is -0.365. The molecule has 0 aliphatic carbocycles. The van der Waals surface area contributed by atoms with Crippen molar-refractivity contribution in [3.8, 4) is 0 Å². The highest BCUT2D eigenvalue weighted by Crippen LogP contribution is 2.40. The monoisotopic (exact) mass is 334 g/mol. The Morgan fingerprint density at radius 3 is 1.96 bits per heavy atom. The molecule has 0 aliphatic heterocycles. The average molecular weight is 335 g/mol. The van der Waals surface area contributed by atoms with Crippen LogP contribution in [-0.4, -0.2) is 16.7 Å². The third kappa shape index (κ3) is 5.94. The van der Waals surface area contributed by atoms with Gasteiger partial charge >= 0.3 is 5.97 Å². The van der Waals surface area contributed by atoms with E-state index < -0.39 is 17.0 Å². The van der Waals surface area contributed by atoms with E-state index in [1.54, 1.807) is 0 Å². The van der Waals surface area contributed by atoms with Crippen LogP contribution in [0.3, 0.4) is 0 Å². The van der Waals surface area contributed by atoms with Crippen LogP contribution in [-0.2, 0) is 16.1 Å². The van der Waals surface area contributed by atoms with Crippen LogP contribution in [0.2, 0.25) is 0 Å². The van der Waals surface area contributed by atoms with Gasteiger partial charge in [-0.1, -0.05) is 78.3 Å². The molecule has 1 unspecified atom stereocenters. The van der Waals surface area contributed by atoms with Gasteiger partial charge in [0, 0.05) is 5.41 Å². The van der Waals surface area contributed by atoms with Crippen LogP contribution < -0.4 is 0 Å². The molecule has 136 valence electrons. The van der Waals surface area contributed by atoms with E-state index in [2.05, 4.69) is 20.8 Å². The Labute approximate surface area is 147 Å². The Morgan fingerprint density at radius 1 is 0.958 bits per heavy atom. The number of aliphatic carboxylic acids is 1. The molecule has 3 nitrogen and oxygen atoms in total. The molecular formula is C21H34O3. The zero-order valence-corrected chi connectivity index (χ0v) is 16.2. The van der Waals surface area contributed by atoms with Gasteiger partial charge in [0.15, 0.2) is 5.60 Å². The lowest BCUT2D eigenvalue weighted by atomic mass is 9.72. The van der Waals surface area contributed by atoms with Gasteiger partial charge in [0.2, 0.25) is 0 Å². The number of carboxylic acids is 1. The molecule has 0 saturated carbocycles. The van der Waals surface area contributed by atoms with E-state index in [1.807, 2.05) is 51.1 Å². The number of rotatable bonds is 8. The van der Waals surface area contributed by atoms with Crippen LogP contribution in [0.15, 0.2) is 30.3 Å². The molecule has 0 amide bonds. The number of carboxylic acid groups (broad SMARTS) is 1. The summed E-state index contributed by atoms with van der Waals surface area (Å²) in [7, 11) is 0. The molecule has 0 radical (unpaired) electrons. The molecule has 0 aromatic heterocycles.